The molecule has 3 rings (SSSR count). The molecule has 2 atom stereocenters. The number of hydrogen-bond acceptors (Lipinski definition) is 7. The van der Waals surface area contributed by atoms with Gasteiger partial charge in [0.15, 0.2) is 0 Å². The van der Waals surface area contributed by atoms with E-state index in [1.54, 1.807) is 48.2 Å². The molecule has 3 aromatic carbocycles. The number of benzene rings is 3. The van der Waals surface area contributed by atoms with Gasteiger partial charge in [0.25, 0.3) is 11.8 Å². The van der Waals surface area contributed by atoms with Crippen molar-refractivity contribution in [2.75, 3.05) is 18.1 Å². The Morgan fingerprint density at radius 2 is 1.49 bits per heavy atom. The number of hydroxylamine groups is 1. The number of rotatable bonds is 11. The molecule has 0 unspecified atom stereocenters. The topological polar surface area (TPSA) is 140 Å². The van der Waals surface area contributed by atoms with Crippen LogP contribution < -0.4 is 21.4 Å². The highest BCUT2D eigenvalue weighted by atomic mass is 32.2. The van der Waals surface area contributed by atoms with Crippen molar-refractivity contribution in [2.24, 2.45) is 0 Å². The van der Waals surface area contributed by atoms with Crippen molar-refractivity contribution < 1.29 is 24.7 Å². The number of amides is 3. The molecule has 0 saturated heterocycles. The summed E-state index contributed by atoms with van der Waals surface area (Å²) in [5, 5.41) is 26.8. The Balaban J connectivity index is 1.51. The third-order valence-corrected chi connectivity index (χ3v) is 6.33. The molecule has 0 fully saturated rings. The molecule has 10 heteroatoms. The lowest BCUT2D eigenvalue weighted by Crippen LogP contribution is -2.51. The van der Waals surface area contributed by atoms with Crippen LogP contribution in [-0.4, -0.2) is 53.0 Å². The first-order valence-electron chi connectivity index (χ1n) is 11.6. The number of carbonyl (C=O) groups excluding carboxylic acids is 3. The van der Waals surface area contributed by atoms with E-state index in [2.05, 4.69) is 28.1 Å². The molecule has 0 aliphatic rings. The molecule has 0 aliphatic carbocycles. The summed E-state index contributed by atoms with van der Waals surface area (Å²) in [4.78, 5) is 37.5. The largest absolute Gasteiger partial charge is 0.391 e. The molecule has 0 bridgehead atoms. The van der Waals surface area contributed by atoms with Crippen LogP contribution in [0.5, 0.6) is 0 Å². The lowest BCUT2D eigenvalue weighted by Gasteiger charge is -2.19. The van der Waals surface area contributed by atoms with E-state index in [-0.39, 0.29) is 18.0 Å². The second kappa shape index (κ2) is 13.6. The normalized spacial score (nSPS) is 12.3. The molecule has 0 saturated carbocycles. The van der Waals surface area contributed by atoms with Gasteiger partial charge >= 0.3 is 0 Å². The molecule has 3 aromatic rings. The standard InChI is InChI=1S/C27H30N4O5S/c1-17(32)25(27(35)31-36)30-26(34)21-7-5-19(6-8-21)20-9-11-22(12-10-20)29-24(33)16-28-15-18-3-13-23(37-2)14-4-18/h3-14,17,25,28,32,36H,15-16H2,1-2H3,(H,29,33)(H,30,34)(H,31,35)/t17-,25+/m1/s1. The highest BCUT2D eigenvalue weighted by Gasteiger charge is 2.25. The molecule has 9 nitrogen and oxygen atoms in total. The van der Waals surface area contributed by atoms with Gasteiger partial charge in [-0.25, -0.2) is 5.48 Å². The lowest BCUT2D eigenvalue weighted by atomic mass is 10.0. The Labute approximate surface area is 219 Å². The van der Waals surface area contributed by atoms with Crippen molar-refractivity contribution in [3.8, 4) is 11.1 Å². The maximum atomic E-state index is 12.4. The second-order valence-corrected chi connectivity index (χ2v) is 9.20. The van der Waals surface area contributed by atoms with E-state index in [9.17, 15) is 19.5 Å². The van der Waals surface area contributed by atoms with Crippen LogP contribution in [0.1, 0.15) is 22.8 Å². The third-order valence-electron chi connectivity index (χ3n) is 5.58. The molecule has 194 valence electrons. The third kappa shape index (κ3) is 8.16. The summed E-state index contributed by atoms with van der Waals surface area (Å²) < 4.78 is 0. The molecule has 0 aromatic heterocycles. The zero-order chi connectivity index (χ0) is 26.8. The quantitative estimate of drug-likeness (QED) is 0.129. The van der Waals surface area contributed by atoms with Gasteiger partial charge in [-0.3, -0.25) is 19.6 Å². The van der Waals surface area contributed by atoms with E-state index in [1.165, 1.54) is 17.3 Å². The van der Waals surface area contributed by atoms with E-state index in [0.29, 0.717) is 12.2 Å². The molecule has 37 heavy (non-hydrogen) atoms. The van der Waals surface area contributed by atoms with Crippen LogP contribution in [0.3, 0.4) is 0 Å². The monoisotopic (exact) mass is 522 g/mol. The highest BCUT2D eigenvalue weighted by molar-refractivity contribution is 7.98. The Kier molecular flexibility index (Phi) is 10.2. The minimum atomic E-state index is -1.29. The van der Waals surface area contributed by atoms with Crippen LogP contribution in [0, 0.1) is 0 Å². The number of carbonyl (C=O) groups is 3. The van der Waals surface area contributed by atoms with Crippen molar-refractivity contribution in [3.05, 3.63) is 83.9 Å². The first-order chi connectivity index (χ1) is 17.8. The van der Waals surface area contributed by atoms with Crippen molar-refractivity contribution in [1.82, 2.24) is 16.1 Å². The average molecular weight is 523 g/mol. The van der Waals surface area contributed by atoms with Crippen molar-refractivity contribution in [2.45, 2.75) is 30.5 Å². The van der Waals surface area contributed by atoms with Gasteiger partial charge in [-0.2, -0.15) is 0 Å². The number of aliphatic hydroxyl groups excluding tert-OH is 1. The summed E-state index contributed by atoms with van der Waals surface area (Å²) in [6.45, 7) is 2.12. The molecule has 0 spiro atoms. The Morgan fingerprint density at radius 3 is 2.03 bits per heavy atom. The fourth-order valence-corrected chi connectivity index (χ4v) is 3.94. The smallest absolute Gasteiger partial charge is 0.268 e. The summed E-state index contributed by atoms with van der Waals surface area (Å²) >= 11 is 1.69. The summed E-state index contributed by atoms with van der Waals surface area (Å²) in [6.07, 6.45) is 0.837. The van der Waals surface area contributed by atoms with Crippen molar-refractivity contribution in [3.63, 3.8) is 0 Å². The molecular formula is C27H30N4O5S. The number of anilines is 1. The van der Waals surface area contributed by atoms with Crippen molar-refractivity contribution >= 4 is 35.2 Å². The summed E-state index contributed by atoms with van der Waals surface area (Å²) in [5.74, 6) is -1.62. The van der Waals surface area contributed by atoms with E-state index >= 15 is 0 Å². The highest BCUT2D eigenvalue weighted by Crippen LogP contribution is 2.22. The predicted molar refractivity (Wildman–Crippen MR) is 143 cm³/mol. The Bertz CT molecular complexity index is 1200. The van der Waals surface area contributed by atoms with E-state index in [1.807, 2.05) is 30.5 Å². The molecule has 3 amide bonds. The number of thioether (sulfide) groups is 1. The zero-order valence-corrected chi connectivity index (χ0v) is 21.3. The van der Waals surface area contributed by atoms with E-state index in [4.69, 9.17) is 5.21 Å². The van der Waals surface area contributed by atoms with Gasteiger partial charge < -0.3 is 21.1 Å². The molecule has 6 N–H and O–H groups in total. The molecular weight excluding hydrogens is 492 g/mol. The van der Waals surface area contributed by atoms with Gasteiger partial charge in [0.05, 0.1) is 12.6 Å². The minimum Gasteiger partial charge on any atom is -0.391 e. The van der Waals surface area contributed by atoms with Gasteiger partial charge in [-0.1, -0.05) is 36.4 Å². The maximum absolute atomic E-state index is 12.4. The van der Waals surface area contributed by atoms with Gasteiger partial charge in [0, 0.05) is 22.7 Å². The van der Waals surface area contributed by atoms with Crippen LogP contribution in [0.4, 0.5) is 5.69 Å². The first kappa shape index (κ1) is 27.9. The van der Waals surface area contributed by atoms with E-state index in [0.717, 1.165) is 16.7 Å². The number of hydrogen-bond donors (Lipinski definition) is 6. The van der Waals surface area contributed by atoms with Crippen LogP contribution >= 0.6 is 11.8 Å². The van der Waals surface area contributed by atoms with Crippen LogP contribution in [0.2, 0.25) is 0 Å². The molecule has 0 radical (unpaired) electrons. The lowest BCUT2D eigenvalue weighted by molar-refractivity contribution is -0.133. The number of nitrogens with one attached hydrogen (secondary N) is 4. The first-order valence-corrected chi connectivity index (χ1v) is 12.8. The van der Waals surface area contributed by atoms with Gasteiger partial charge in [0.2, 0.25) is 5.91 Å². The van der Waals surface area contributed by atoms with E-state index < -0.39 is 24.0 Å². The average Bonchev–Trinajstić information content (AvgIpc) is 2.92. The molecule has 0 heterocycles. The fourth-order valence-electron chi connectivity index (χ4n) is 3.53. The summed E-state index contributed by atoms with van der Waals surface area (Å²) in [6, 6.07) is 20.9. The minimum absolute atomic E-state index is 0.144. The number of aliphatic hydroxyl groups is 1. The van der Waals surface area contributed by atoms with Gasteiger partial charge in [0.1, 0.15) is 6.04 Å². The van der Waals surface area contributed by atoms with Crippen LogP contribution in [-0.2, 0) is 16.1 Å². The van der Waals surface area contributed by atoms with Crippen LogP contribution in [0.15, 0.2) is 77.7 Å². The molecule has 0 aliphatic heterocycles. The second-order valence-electron chi connectivity index (χ2n) is 8.32. The SMILES string of the molecule is CSc1ccc(CNCC(=O)Nc2ccc(-c3ccc(C(=O)N[C@H](C(=O)NO)[C@@H](C)O)cc3)cc2)cc1. The Morgan fingerprint density at radius 1 is 0.892 bits per heavy atom. The summed E-state index contributed by atoms with van der Waals surface area (Å²) in [5.41, 5.74) is 5.23. The predicted octanol–water partition coefficient (Wildman–Crippen LogP) is 2.79. The van der Waals surface area contributed by atoms with Crippen molar-refractivity contribution in [1.29, 1.82) is 0 Å². The zero-order valence-electron chi connectivity index (χ0n) is 20.5. The Hall–Kier alpha value is -3.70. The summed E-state index contributed by atoms with van der Waals surface area (Å²) in [7, 11) is 0. The maximum Gasteiger partial charge on any atom is 0.268 e. The van der Waals surface area contributed by atoms with Gasteiger partial charge in [-0.05, 0) is 66.3 Å². The fraction of sp³-hybridized carbons (Fsp3) is 0.222. The van der Waals surface area contributed by atoms with Gasteiger partial charge in [-0.15, -0.1) is 11.8 Å². The van der Waals surface area contributed by atoms with Crippen LogP contribution in [0.25, 0.3) is 11.1 Å².